The van der Waals surface area contributed by atoms with Crippen molar-refractivity contribution in [3.8, 4) is 5.75 Å². The number of alkyl halides is 3. The molecule has 6 nitrogen and oxygen atoms in total. The fraction of sp³-hybridized carbons (Fsp3) is 0.462. The molecule has 2 aromatic rings. The Morgan fingerprint density at radius 1 is 1.00 bits per heavy atom. The number of rotatable bonds is 7. The third kappa shape index (κ3) is 6.79. The summed E-state index contributed by atoms with van der Waals surface area (Å²) in [6.45, 7) is 3.34. The minimum absolute atomic E-state index is 0.0699. The predicted molar refractivity (Wildman–Crippen MR) is 142 cm³/mol. The summed E-state index contributed by atoms with van der Waals surface area (Å²) < 4.78 is 43.3. The first kappa shape index (κ1) is 28.6. The van der Waals surface area contributed by atoms with Crippen molar-refractivity contribution in [2.75, 3.05) is 10.2 Å². The average Bonchev–Trinajstić information content (AvgIpc) is 3.04. The lowest BCUT2D eigenvalue weighted by molar-refractivity contribution is -0.150. The van der Waals surface area contributed by atoms with E-state index in [1.807, 2.05) is 0 Å². The van der Waals surface area contributed by atoms with E-state index in [1.54, 1.807) is 44.2 Å². The van der Waals surface area contributed by atoms with Crippen molar-refractivity contribution in [1.82, 2.24) is 5.32 Å². The van der Waals surface area contributed by atoms with E-state index < -0.39 is 24.1 Å². The van der Waals surface area contributed by atoms with Crippen molar-refractivity contribution >= 4 is 58.0 Å². The lowest BCUT2D eigenvalue weighted by atomic mass is 9.95. The number of amides is 2. The Morgan fingerprint density at radius 3 is 2.24 bits per heavy atom. The Morgan fingerprint density at radius 2 is 1.66 bits per heavy atom. The average molecular weight is 593 g/mol. The maximum Gasteiger partial charge on any atom is 0.397 e. The zero-order chi connectivity index (χ0) is 27.8. The van der Waals surface area contributed by atoms with Crippen LogP contribution in [-0.2, 0) is 9.59 Å². The van der Waals surface area contributed by atoms with Crippen molar-refractivity contribution in [3.63, 3.8) is 0 Å². The summed E-state index contributed by atoms with van der Waals surface area (Å²) in [6.07, 6.45) is -2.93. The standard InChI is InChI=1S/C26H27Cl3F3N3O3/c1-25(2,38-22-8-3-14(27)9-20(22)29)24(37)34-16-10-17-5-6-18(11-16)35(17)21-7-4-15(12-19(21)28)33-23(36)13-26(30,31)32/h3-4,7-9,12,16-18H,5-6,10-11,13H2,1-2H3,(H,33,36)(H,34,37). The maximum absolute atomic E-state index is 13.1. The number of piperidine rings is 1. The highest BCUT2D eigenvalue weighted by Gasteiger charge is 2.43. The van der Waals surface area contributed by atoms with E-state index >= 15 is 0 Å². The minimum Gasteiger partial charge on any atom is -0.476 e. The monoisotopic (exact) mass is 591 g/mol. The summed E-state index contributed by atoms with van der Waals surface area (Å²) in [5.41, 5.74) is -0.229. The Bertz CT molecular complexity index is 1210. The van der Waals surface area contributed by atoms with Gasteiger partial charge < -0.3 is 20.3 Å². The molecule has 0 radical (unpaired) electrons. The fourth-order valence-electron chi connectivity index (χ4n) is 5.11. The van der Waals surface area contributed by atoms with E-state index in [9.17, 15) is 22.8 Å². The van der Waals surface area contributed by atoms with Gasteiger partial charge in [-0.1, -0.05) is 34.8 Å². The van der Waals surface area contributed by atoms with Gasteiger partial charge in [-0.2, -0.15) is 13.2 Å². The van der Waals surface area contributed by atoms with Crippen LogP contribution in [0.25, 0.3) is 0 Å². The lowest BCUT2D eigenvalue weighted by Crippen LogP contribution is -2.55. The smallest absolute Gasteiger partial charge is 0.397 e. The van der Waals surface area contributed by atoms with E-state index in [0.29, 0.717) is 33.7 Å². The second-order valence-electron chi connectivity index (χ2n) is 10.1. The van der Waals surface area contributed by atoms with Gasteiger partial charge in [-0.05, 0) is 75.9 Å². The molecule has 0 saturated carbocycles. The second-order valence-corrected chi connectivity index (χ2v) is 11.4. The molecule has 2 N–H and O–H groups in total. The number of fused-ring (bicyclic) bond motifs is 2. The van der Waals surface area contributed by atoms with E-state index in [4.69, 9.17) is 39.5 Å². The molecule has 0 spiro atoms. The molecule has 0 aliphatic carbocycles. The van der Waals surface area contributed by atoms with Crippen molar-refractivity contribution in [3.05, 3.63) is 51.5 Å². The number of benzene rings is 2. The highest BCUT2D eigenvalue weighted by Crippen LogP contribution is 2.43. The molecule has 2 saturated heterocycles. The highest BCUT2D eigenvalue weighted by atomic mass is 35.5. The molecule has 206 valence electrons. The first-order valence-corrected chi connectivity index (χ1v) is 13.2. The highest BCUT2D eigenvalue weighted by molar-refractivity contribution is 6.35. The number of anilines is 2. The topological polar surface area (TPSA) is 70.7 Å². The summed E-state index contributed by atoms with van der Waals surface area (Å²) in [7, 11) is 0. The Balaban J connectivity index is 1.38. The van der Waals surface area contributed by atoms with Gasteiger partial charge in [0.1, 0.15) is 12.2 Å². The first-order valence-electron chi connectivity index (χ1n) is 12.1. The van der Waals surface area contributed by atoms with Crippen LogP contribution in [0.5, 0.6) is 5.75 Å². The second kappa shape index (κ2) is 11.0. The van der Waals surface area contributed by atoms with Gasteiger partial charge in [-0.15, -0.1) is 0 Å². The number of carbonyl (C=O) groups is 2. The quantitative estimate of drug-likeness (QED) is 0.363. The molecule has 2 aliphatic rings. The number of ether oxygens (including phenoxy) is 1. The number of halogens is 6. The van der Waals surface area contributed by atoms with Gasteiger partial charge >= 0.3 is 6.18 Å². The first-order chi connectivity index (χ1) is 17.7. The molecule has 12 heteroatoms. The molecule has 2 atom stereocenters. The number of hydrogen-bond donors (Lipinski definition) is 2. The summed E-state index contributed by atoms with van der Waals surface area (Å²) in [6, 6.07) is 9.70. The summed E-state index contributed by atoms with van der Waals surface area (Å²) in [4.78, 5) is 27.0. The van der Waals surface area contributed by atoms with Crippen molar-refractivity contribution in [1.29, 1.82) is 0 Å². The summed E-state index contributed by atoms with van der Waals surface area (Å²) in [5, 5.41) is 6.47. The van der Waals surface area contributed by atoms with Crippen molar-refractivity contribution in [2.45, 2.75) is 75.9 Å². The van der Waals surface area contributed by atoms with Crippen molar-refractivity contribution < 1.29 is 27.5 Å². The van der Waals surface area contributed by atoms with Crippen LogP contribution in [-0.4, -0.2) is 41.7 Å². The van der Waals surface area contributed by atoms with E-state index in [1.165, 1.54) is 6.07 Å². The van der Waals surface area contributed by atoms with Gasteiger partial charge in [0.05, 0.1) is 15.7 Å². The normalized spacial score (nSPS) is 21.3. The van der Waals surface area contributed by atoms with Crippen molar-refractivity contribution in [2.24, 2.45) is 0 Å². The predicted octanol–water partition coefficient (Wildman–Crippen LogP) is 7.01. The minimum atomic E-state index is -4.59. The molecule has 4 rings (SSSR count). The SMILES string of the molecule is CC(C)(Oc1ccc(Cl)cc1Cl)C(=O)NC1CC2CCC(C1)N2c1ccc(NC(=O)CC(F)(F)F)cc1Cl. The molecule has 38 heavy (non-hydrogen) atoms. The summed E-state index contributed by atoms with van der Waals surface area (Å²) in [5.74, 6) is -1.06. The molecule has 2 aromatic carbocycles. The Hall–Kier alpha value is -2.36. The zero-order valence-electron chi connectivity index (χ0n) is 20.7. The van der Waals surface area contributed by atoms with Crippen LogP contribution in [0, 0.1) is 0 Å². The molecule has 0 aromatic heterocycles. The lowest BCUT2D eigenvalue weighted by Gasteiger charge is -2.42. The number of nitrogens with zero attached hydrogens (tertiary/aromatic N) is 1. The van der Waals surface area contributed by atoms with Crippen LogP contribution < -0.4 is 20.3 Å². The fourth-order valence-corrected chi connectivity index (χ4v) is 5.83. The van der Waals surface area contributed by atoms with Gasteiger partial charge in [0.15, 0.2) is 5.60 Å². The van der Waals surface area contributed by atoms with E-state index in [0.717, 1.165) is 18.5 Å². The van der Waals surface area contributed by atoms with Gasteiger partial charge in [-0.25, -0.2) is 0 Å². The van der Waals surface area contributed by atoms with Gasteiger partial charge in [0, 0.05) is 28.8 Å². The molecular weight excluding hydrogens is 566 g/mol. The molecule has 2 bridgehead atoms. The molecular formula is C26H27Cl3F3N3O3. The van der Waals surface area contributed by atoms with Crippen LogP contribution in [0.1, 0.15) is 46.0 Å². The third-order valence-corrected chi connectivity index (χ3v) is 7.58. The number of carbonyl (C=O) groups excluding carboxylic acids is 2. The van der Waals surface area contributed by atoms with Gasteiger partial charge in [0.2, 0.25) is 5.91 Å². The molecule has 2 fully saturated rings. The Kier molecular flexibility index (Phi) is 8.31. The molecule has 2 aliphatic heterocycles. The largest absolute Gasteiger partial charge is 0.476 e. The maximum atomic E-state index is 13.1. The molecule has 2 unspecified atom stereocenters. The van der Waals surface area contributed by atoms with Crippen LogP contribution in [0.15, 0.2) is 36.4 Å². The molecule has 2 amide bonds. The van der Waals surface area contributed by atoms with Crippen LogP contribution in [0.3, 0.4) is 0 Å². The number of nitrogens with one attached hydrogen (secondary N) is 2. The summed E-state index contributed by atoms with van der Waals surface area (Å²) >= 11 is 18.6. The number of hydrogen-bond acceptors (Lipinski definition) is 4. The van der Waals surface area contributed by atoms with Crippen LogP contribution in [0.2, 0.25) is 15.1 Å². The van der Waals surface area contributed by atoms with Gasteiger partial charge in [-0.3, -0.25) is 9.59 Å². The zero-order valence-corrected chi connectivity index (χ0v) is 22.9. The van der Waals surface area contributed by atoms with Gasteiger partial charge in [0.25, 0.3) is 5.91 Å². The molecule has 2 heterocycles. The Labute approximate surface area is 233 Å². The van der Waals surface area contributed by atoms with Crippen LogP contribution in [0.4, 0.5) is 24.5 Å². The van der Waals surface area contributed by atoms with E-state index in [-0.39, 0.29) is 29.7 Å². The third-order valence-electron chi connectivity index (χ3n) is 6.74. The van der Waals surface area contributed by atoms with Crippen LogP contribution >= 0.6 is 34.8 Å². The van der Waals surface area contributed by atoms with E-state index in [2.05, 4.69) is 15.5 Å².